The number of ether oxygens (including phenoxy) is 2. The van der Waals surface area contributed by atoms with Crippen LogP contribution in [0, 0.1) is 0 Å². The third kappa shape index (κ3) is 6.03. The van der Waals surface area contributed by atoms with Crippen LogP contribution in [-0.4, -0.2) is 54.3 Å². The van der Waals surface area contributed by atoms with Gasteiger partial charge in [-0.3, -0.25) is 24.1 Å². The number of esters is 2. The lowest BCUT2D eigenvalue weighted by atomic mass is 10.1. The Balaban J connectivity index is 1.40. The van der Waals surface area contributed by atoms with E-state index in [1.54, 1.807) is 36.4 Å². The van der Waals surface area contributed by atoms with Gasteiger partial charge in [0.2, 0.25) is 0 Å². The Morgan fingerprint density at radius 2 is 1.55 bits per heavy atom. The summed E-state index contributed by atoms with van der Waals surface area (Å²) in [4.78, 5) is 61.4. The summed E-state index contributed by atoms with van der Waals surface area (Å²) in [6, 6.07) is 12.6. The number of fused-ring (bicyclic) bond motifs is 1. The maximum absolute atomic E-state index is 12.3. The van der Waals surface area contributed by atoms with E-state index in [1.165, 1.54) is 12.1 Å². The lowest BCUT2D eigenvalue weighted by Gasteiger charge is -2.13. The zero-order valence-electron chi connectivity index (χ0n) is 18.2. The molecule has 1 aliphatic heterocycles. The summed E-state index contributed by atoms with van der Waals surface area (Å²) >= 11 is 0. The highest BCUT2D eigenvalue weighted by atomic mass is 16.5. The zero-order valence-corrected chi connectivity index (χ0v) is 18.2. The summed E-state index contributed by atoms with van der Waals surface area (Å²) in [6.07, 6.45) is 1.48. The van der Waals surface area contributed by atoms with Crippen LogP contribution in [0.1, 0.15) is 57.3 Å². The predicted octanol–water partition coefficient (Wildman–Crippen LogP) is 2.81. The number of anilines is 1. The molecule has 3 amide bonds. The van der Waals surface area contributed by atoms with Crippen LogP contribution in [0.3, 0.4) is 0 Å². The van der Waals surface area contributed by atoms with E-state index in [4.69, 9.17) is 9.47 Å². The van der Waals surface area contributed by atoms with Gasteiger partial charge >= 0.3 is 11.9 Å². The fourth-order valence-electron chi connectivity index (χ4n) is 3.14. The Morgan fingerprint density at radius 3 is 2.15 bits per heavy atom. The van der Waals surface area contributed by atoms with Gasteiger partial charge in [0.15, 0.2) is 6.61 Å². The molecule has 33 heavy (non-hydrogen) atoms. The molecular formula is C24H24N2O7. The van der Waals surface area contributed by atoms with E-state index in [-0.39, 0.29) is 13.0 Å². The SMILES string of the molecule is CCCCOC(=O)c1ccc(NC(=O)COC(=O)CCN2C(=O)c3ccccc3C2=O)cc1. The van der Waals surface area contributed by atoms with E-state index in [1.807, 2.05) is 6.92 Å². The number of rotatable bonds is 10. The maximum atomic E-state index is 12.3. The molecule has 0 saturated heterocycles. The molecule has 1 N–H and O–H groups in total. The minimum atomic E-state index is -0.716. The van der Waals surface area contributed by atoms with Crippen LogP contribution in [-0.2, 0) is 19.1 Å². The van der Waals surface area contributed by atoms with Crippen LogP contribution in [0.5, 0.6) is 0 Å². The lowest BCUT2D eigenvalue weighted by molar-refractivity contribution is -0.147. The maximum Gasteiger partial charge on any atom is 0.338 e. The Labute approximate surface area is 190 Å². The monoisotopic (exact) mass is 452 g/mol. The molecule has 0 aliphatic carbocycles. The number of hydrogen-bond acceptors (Lipinski definition) is 7. The molecule has 0 aromatic heterocycles. The molecule has 9 heteroatoms. The molecule has 2 aromatic rings. The van der Waals surface area contributed by atoms with Crippen molar-refractivity contribution in [1.82, 2.24) is 4.90 Å². The average Bonchev–Trinajstić information content (AvgIpc) is 3.06. The van der Waals surface area contributed by atoms with Gasteiger partial charge in [-0.2, -0.15) is 0 Å². The van der Waals surface area contributed by atoms with Gasteiger partial charge in [-0.1, -0.05) is 25.5 Å². The van der Waals surface area contributed by atoms with Crippen LogP contribution in [0.4, 0.5) is 5.69 Å². The smallest absolute Gasteiger partial charge is 0.338 e. The lowest BCUT2D eigenvalue weighted by Crippen LogP contribution is -2.32. The minimum absolute atomic E-state index is 0.136. The number of unbranched alkanes of at least 4 members (excludes halogenated alkanes) is 1. The van der Waals surface area contributed by atoms with E-state index in [9.17, 15) is 24.0 Å². The van der Waals surface area contributed by atoms with Crippen molar-refractivity contribution >= 4 is 35.3 Å². The second-order valence-electron chi connectivity index (χ2n) is 7.33. The van der Waals surface area contributed by atoms with Crippen molar-refractivity contribution in [2.45, 2.75) is 26.2 Å². The van der Waals surface area contributed by atoms with E-state index in [0.29, 0.717) is 29.0 Å². The number of hydrogen-bond donors (Lipinski definition) is 1. The summed E-state index contributed by atoms with van der Waals surface area (Å²) < 4.78 is 10.0. The Hall–Kier alpha value is -4.01. The van der Waals surface area contributed by atoms with Crippen molar-refractivity contribution in [1.29, 1.82) is 0 Å². The van der Waals surface area contributed by atoms with Crippen LogP contribution in [0.15, 0.2) is 48.5 Å². The summed E-state index contributed by atoms with van der Waals surface area (Å²) in [5, 5.41) is 2.55. The second-order valence-corrected chi connectivity index (χ2v) is 7.33. The van der Waals surface area contributed by atoms with Gasteiger partial charge in [0.1, 0.15) is 0 Å². The highest BCUT2D eigenvalue weighted by molar-refractivity contribution is 6.21. The van der Waals surface area contributed by atoms with Gasteiger partial charge in [0, 0.05) is 12.2 Å². The predicted molar refractivity (Wildman–Crippen MR) is 118 cm³/mol. The molecule has 9 nitrogen and oxygen atoms in total. The van der Waals surface area contributed by atoms with Crippen molar-refractivity contribution in [2.75, 3.05) is 25.1 Å². The first-order valence-corrected chi connectivity index (χ1v) is 10.6. The van der Waals surface area contributed by atoms with E-state index < -0.39 is 36.3 Å². The van der Waals surface area contributed by atoms with Crippen molar-refractivity contribution in [2.24, 2.45) is 0 Å². The molecule has 1 aliphatic rings. The number of benzene rings is 2. The number of nitrogens with zero attached hydrogens (tertiary/aromatic N) is 1. The van der Waals surface area contributed by atoms with Crippen LogP contribution in [0.25, 0.3) is 0 Å². The Bertz CT molecular complexity index is 1030. The van der Waals surface area contributed by atoms with Gasteiger partial charge in [-0.05, 0) is 42.8 Å². The first-order chi connectivity index (χ1) is 15.9. The second kappa shape index (κ2) is 11.0. The summed E-state index contributed by atoms with van der Waals surface area (Å²) in [7, 11) is 0. The minimum Gasteiger partial charge on any atom is -0.462 e. The van der Waals surface area contributed by atoms with Gasteiger partial charge in [0.05, 0.1) is 29.7 Å². The number of carbonyl (C=O) groups is 5. The molecule has 0 atom stereocenters. The van der Waals surface area contributed by atoms with Crippen molar-refractivity contribution in [3.8, 4) is 0 Å². The van der Waals surface area contributed by atoms with E-state index in [2.05, 4.69) is 5.32 Å². The fraction of sp³-hybridized carbons (Fsp3) is 0.292. The third-order valence-corrected chi connectivity index (χ3v) is 4.92. The van der Waals surface area contributed by atoms with Crippen molar-refractivity contribution in [3.63, 3.8) is 0 Å². The van der Waals surface area contributed by atoms with Gasteiger partial charge < -0.3 is 14.8 Å². The average molecular weight is 452 g/mol. The van der Waals surface area contributed by atoms with E-state index >= 15 is 0 Å². The van der Waals surface area contributed by atoms with Gasteiger partial charge in [-0.15, -0.1) is 0 Å². The summed E-state index contributed by atoms with van der Waals surface area (Å²) in [6.45, 7) is 1.69. The number of imide groups is 1. The van der Waals surface area contributed by atoms with Gasteiger partial charge in [0.25, 0.3) is 17.7 Å². The standard InChI is InChI=1S/C24H24N2O7/c1-2-3-14-32-24(31)16-8-10-17(11-9-16)25-20(27)15-33-21(28)12-13-26-22(29)18-6-4-5-7-19(18)23(26)30/h4-11H,2-3,12-15H2,1H3,(H,25,27). The number of carbonyl (C=O) groups excluding carboxylic acids is 5. The molecule has 3 rings (SSSR count). The topological polar surface area (TPSA) is 119 Å². The molecule has 0 bridgehead atoms. The Morgan fingerprint density at radius 1 is 0.909 bits per heavy atom. The normalized spacial score (nSPS) is 12.3. The Kier molecular flexibility index (Phi) is 7.91. The van der Waals surface area contributed by atoms with Crippen molar-refractivity contribution < 1.29 is 33.4 Å². The van der Waals surface area contributed by atoms with Gasteiger partial charge in [-0.25, -0.2) is 4.79 Å². The first-order valence-electron chi connectivity index (χ1n) is 10.6. The molecule has 0 radical (unpaired) electrons. The summed E-state index contributed by atoms with van der Waals surface area (Å²) in [5.74, 6) is -2.64. The molecule has 1 heterocycles. The van der Waals surface area contributed by atoms with Crippen LogP contribution >= 0.6 is 0 Å². The number of nitrogens with one attached hydrogen (secondary N) is 1. The van der Waals surface area contributed by atoms with Crippen LogP contribution < -0.4 is 5.32 Å². The highest BCUT2D eigenvalue weighted by Crippen LogP contribution is 2.22. The molecular weight excluding hydrogens is 428 g/mol. The molecule has 0 unspecified atom stereocenters. The van der Waals surface area contributed by atoms with E-state index in [0.717, 1.165) is 17.7 Å². The molecule has 0 saturated carbocycles. The largest absolute Gasteiger partial charge is 0.462 e. The molecule has 0 fully saturated rings. The fourth-order valence-corrected chi connectivity index (χ4v) is 3.14. The quantitative estimate of drug-likeness (QED) is 0.334. The summed E-state index contributed by atoms with van der Waals surface area (Å²) in [5.41, 5.74) is 1.39. The highest BCUT2D eigenvalue weighted by Gasteiger charge is 2.35. The van der Waals surface area contributed by atoms with Crippen LogP contribution in [0.2, 0.25) is 0 Å². The molecule has 0 spiro atoms. The molecule has 172 valence electrons. The zero-order chi connectivity index (χ0) is 23.8. The van der Waals surface area contributed by atoms with Crippen molar-refractivity contribution in [3.05, 3.63) is 65.2 Å². The first kappa shape index (κ1) is 23.6. The third-order valence-electron chi connectivity index (χ3n) is 4.92. The number of amides is 3. The molecule has 2 aromatic carbocycles.